The Balaban J connectivity index is 0.760. The summed E-state index contributed by atoms with van der Waals surface area (Å²) in [6, 6.07) is 6.51. The largest absolute Gasteiger partial charge is 0.424 e. The first-order chi connectivity index (χ1) is 30.5. The smallest absolute Gasteiger partial charge is 0.292 e. The minimum Gasteiger partial charge on any atom is -0.424 e. The number of amides is 2. The first-order valence-electron chi connectivity index (χ1n) is 21.1. The van der Waals surface area contributed by atoms with Gasteiger partial charge in [0.25, 0.3) is 6.01 Å². The normalized spacial score (nSPS) is 14.6. The van der Waals surface area contributed by atoms with Gasteiger partial charge >= 0.3 is 0 Å². The van der Waals surface area contributed by atoms with Crippen molar-refractivity contribution in [3.63, 3.8) is 0 Å². The van der Waals surface area contributed by atoms with Gasteiger partial charge in [-0.05, 0) is 29.2 Å². The number of nitrogens with two attached hydrogens (primary N) is 2. The van der Waals surface area contributed by atoms with Crippen LogP contribution in [0.25, 0.3) is 17.1 Å². The van der Waals surface area contributed by atoms with Crippen LogP contribution in [0.15, 0.2) is 35.0 Å². The summed E-state index contributed by atoms with van der Waals surface area (Å²) in [7, 11) is 0. The summed E-state index contributed by atoms with van der Waals surface area (Å²) in [5, 5.41) is 8.24. The molecule has 20 heteroatoms. The molecule has 1 aromatic carbocycles. The second-order valence-corrected chi connectivity index (χ2v) is 14.4. The Kier molecular flexibility index (Phi) is 19.3. The van der Waals surface area contributed by atoms with Crippen molar-refractivity contribution in [2.45, 2.75) is 38.3 Å². The van der Waals surface area contributed by atoms with Crippen molar-refractivity contribution >= 4 is 41.3 Å². The summed E-state index contributed by atoms with van der Waals surface area (Å²) in [5.74, 6) is 1.02. The number of nitrogens with one attached hydrogen (secondary N) is 1. The Labute approximate surface area is 360 Å². The lowest BCUT2D eigenvalue weighted by molar-refractivity contribution is -0.133. The van der Waals surface area contributed by atoms with Gasteiger partial charge in [0.05, 0.1) is 135 Å². The maximum Gasteiger partial charge on any atom is 0.292 e. The Morgan fingerprint density at radius 2 is 1.42 bits per heavy atom. The SMILES string of the molecule is Nc1nc2c(o1)C=CC(c1nn(Cc3ccc4c(c3)CCN(C(=O)CCOCCOCCOCCOCCOCCOCCOCCOCCNC=O)C4)c3ncnc(N)c13)C2. The maximum atomic E-state index is 13.0. The highest BCUT2D eigenvalue weighted by atomic mass is 16.6. The van der Waals surface area contributed by atoms with Gasteiger partial charge in [-0.2, -0.15) is 10.1 Å². The van der Waals surface area contributed by atoms with Crippen molar-refractivity contribution in [2.24, 2.45) is 0 Å². The molecule has 0 radical (unpaired) electrons. The van der Waals surface area contributed by atoms with E-state index in [1.165, 1.54) is 11.9 Å². The minimum absolute atomic E-state index is 0.0699. The molecule has 62 heavy (non-hydrogen) atoms. The zero-order valence-corrected chi connectivity index (χ0v) is 35.2. The number of hydrogen-bond acceptors (Lipinski definition) is 17. The van der Waals surface area contributed by atoms with Crippen LogP contribution < -0.4 is 16.8 Å². The Morgan fingerprint density at radius 3 is 2.05 bits per heavy atom. The second kappa shape index (κ2) is 25.8. The van der Waals surface area contributed by atoms with E-state index >= 15 is 0 Å². The molecule has 2 amide bonds. The van der Waals surface area contributed by atoms with Crippen LogP contribution in [0.1, 0.15) is 46.2 Å². The average molecular weight is 866 g/mol. The monoisotopic (exact) mass is 865 g/mol. The molecule has 0 saturated heterocycles. The molecule has 4 aromatic rings. The van der Waals surface area contributed by atoms with Gasteiger partial charge in [0, 0.05) is 32.0 Å². The van der Waals surface area contributed by atoms with Crippen LogP contribution in [0.2, 0.25) is 0 Å². The number of oxazole rings is 1. The van der Waals surface area contributed by atoms with E-state index in [4.69, 9.17) is 58.9 Å². The molecule has 1 unspecified atom stereocenters. The zero-order valence-electron chi connectivity index (χ0n) is 35.2. The molecule has 1 aliphatic heterocycles. The lowest BCUT2D eigenvalue weighted by Crippen LogP contribution is -2.36. The maximum absolute atomic E-state index is 13.0. The molecule has 4 heterocycles. The summed E-state index contributed by atoms with van der Waals surface area (Å²) in [4.78, 5) is 38.2. The van der Waals surface area contributed by atoms with Gasteiger partial charge in [-0.1, -0.05) is 24.3 Å². The van der Waals surface area contributed by atoms with Gasteiger partial charge in [0.2, 0.25) is 12.3 Å². The molecular weight excluding hydrogens is 807 g/mol. The third-order valence-corrected chi connectivity index (χ3v) is 10.1. The predicted molar refractivity (Wildman–Crippen MR) is 226 cm³/mol. The number of carbonyl (C=O) groups is 2. The van der Waals surface area contributed by atoms with Gasteiger partial charge in [-0.15, -0.1) is 0 Å². The quantitative estimate of drug-likeness (QED) is 0.0480. The minimum atomic E-state index is -0.0872. The van der Waals surface area contributed by atoms with Crippen molar-refractivity contribution in [3.05, 3.63) is 64.4 Å². The van der Waals surface area contributed by atoms with E-state index in [0.29, 0.717) is 168 Å². The number of hydrogen-bond donors (Lipinski definition) is 3. The zero-order chi connectivity index (χ0) is 43.2. The van der Waals surface area contributed by atoms with E-state index in [1.807, 2.05) is 21.7 Å². The van der Waals surface area contributed by atoms with E-state index in [-0.39, 0.29) is 17.8 Å². The number of allylic oxidation sites excluding steroid dienone is 1. The lowest BCUT2D eigenvalue weighted by atomic mass is 9.92. The molecule has 6 rings (SSSR count). The first kappa shape index (κ1) is 46.4. The third-order valence-electron chi connectivity index (χ3n) is 10.1. The molecule has 0 fully saturated rings. The fraction of sp³-hybridized carbons (Fsp3) is 0.571. The van der Waals surface area contributed by atoms with Crippen molar-refractivity contribution < 1.29 is 51.9 Å². The highest BCUT2D eigenvalue weighted by molar-refractivity contribution is 5.89. The molecule has 3 aromatic heterocycles. The summed E-state index contributed by atoms with van der Waals surface area (Å²) in [5.41, 5.74) is 17.8. The topological polar surface area (TPSA) is 245 Å². The molecule has 0 saturated carbocycles. The molecule has 20 nitrogen and oxygen atoms in total. The van der Waals surface area contributed by atoms with Crippen LogP contribution in [0, 0.1) is 0 Å². The Bertz CT molecular complexity index is 2010. The molecule has 0 bridgehead atoms. The standard InChI is InChI=1S/C42H59N9O11/c43-40-38-39(33-3-4-36-35(26-33)48-42(44)62-36)49-51(41(38)47-29-46-40)27-31-1-2-34-28-50(8-5-32(34)25-31)37(53)6-9-54-11-13-56-15-17-58-19-21-60-23-24-61-22-20-59-18-16-57-14-12-55-10-7-45-30-52/h1-4,25,29-30,33H,5-24,26-28H2,(H2,44,48)(H,45,52)(H2,43,46,47). The number of rotatable bonds is 31. The fourth-order valence-electron chi connectivity index (χ4n) is 6.99. The molecule has 2 aliphatic rings. The molecule has 1 aliphatic carbocycles. The predicted octanol–water partition coefficient (Wildman–Crippen LogP) is 1.53. The number of benzene rings is 1. The lowest BCUT2D eigenvalue weighted by Gasteiger charge is -2.29. The van der Waals surface area contributed by atoms with Crippen molar-refractivity contribution in [3.8, 4) is 0 Å². The third kappa shape index (κ3) is 14.5. The molecular formula is C42H59N9O11. The molecule has 1 atom stereocenters. The molecule has 5 N–H and O–H groups in total. The van der Waals surface area contributed by atoms with Gasteiger partial charge in [0.1, 0.15) is 12.1 Å². The van der Waals surface area contributed by atoms with Crippen LogP contribution in [0.5, 0.6) is 0 Å². The average Bonchev–Trinajstić information content (AvgIpc) is 3.85. The summed E-state index contributed by atoms with van der Waals surface area (Å²) >= 11 is 0. The Hall–Kier alpha value is -5.06. The van der Waals surface area contributed by atoms with Crippen LogP contribution in [0.4, 0.5) is 11.8 Å². The van der Waals surface area contributed by atoms with Crippen LogP contribution in [-0.2, 0) is 73.4 Å². The van der Waals surface area contributed by atoms with Gasteiger partial charge in [-0.3, -0.25) is 9.59 Å². The number of anilines is 2. The van der Waals surface area contributed by atoms with Crippen LogP contribution in [0.3, 0.4) is 0 Å². The highest BCUT2D eigenvalue weighted by Crippen LogP contribution is 2.35. The van der Waals surface area contributed by atoms with E-state index < -0.39 is 0 Å². The summed E-state index contributed by atoms with van der Waals surface area (Å²) in [6.45, 7) is 9.48. The van der Waals surface area contributed by atoms with Crippen molar-refractivity contribution in [1.82, 2.24) is 34.9 Å². The van der Waals surface area contributed by atoms with Crippen molar-refractivity contribution in [2.75, 3.05) is 130 Å². The van der Waals surface area contributed by atoms with Crippen LogP contribution >= 0.6 is 0 Å². The molecule has 0 spiro atoms. The highest BCUT2D eigenvalue weighted by Gasteiger charge is 2.27. The van der Waals surface area contributed by atoms with E-state index in [0.717, 1.165) is 34.3 Å². The second-order valence-electron chi connectivity index (χ2n) is 14.4. The summed E-state index contributed by atoms with van der Waals surface area (Å²) in [6.07, 6.45) is 7.66. The van der Waals surface area contributed by atoms with Gasteiger partial charge in [0.15, 0.2) is 11.4 Å². The fourth-order valence-corrected chi connectivity index (χ4v) is 6.99. The number of nitrogens with zero attached hydrogens (tertiary/aromatic N) is 6. The first-order valence-corrected chi connectivity index (χ1v) is 21.1. The van der Waals surface area contributed by atoms with Gasteiger partial charge in [-0.25, -0.2) is 14.6 Å². The van der Waals surface area contributed by atoms with E-state index in [9.17, 15) is 9.59 Å². The summed E-state index contributed by atoms with van der Waals surface area (Å²) < 4.78 is 51.3. The number of fused-ring (bicyclic) bond motifs is 3. The van der Waals surface area contributed by atoms with E-state index in [1.54, 1.807) is 0 Å². The van der Waals surface area contributed by atoms with Gasteiger partial charge < -0.3 is 64.0 Å². The van der Waals surface area contributed by atoms with E-state index in [2.05, 4.69) is 38.5 Å². The Morgan fingerprint density at radius 1 is 0.806 bits per heavy atom. The molecule has 338 valence electrons. The van der Waals surface area contributed by atoms with Crippen LogP contribution in [-0.4, -0.2) is 161 Å². The number of nitrogen functional groups attached to an aromatic ring is 2. The number of ether oxygens (including phenoxy) is 8. The van der Waals surface area contributed by atoms with Crippen molar-refractivity contribution in [1.29, 1.82) is 0 Å². The number of aromatic nitrogens is 5. The number of carbonyl (C=O) groups excluding carboxylic acids is 2.